The third-order valence-corrected chi connectivity index (χ3v) is 4.88. The molecule has 2 amide bonds. The van der Waals surface area contributed by atoms with Crippen molar-refractivity contribution in [2.45, 2.75) is 6.54 Å². The summed E-state index contributed by atoms with van der Waals surface area (Å²) in [6.45, 7) is 2.32. The zero-order valence-corrected chi connectivity index (χ0v) is 16.1. The van der Waals surface area contributed by atoms with Gasteiger partial charge in [-0.25, -0.2) is 4.98 Å². The number of amides is 2. The summed E-state index contributed by atoms with van der Waals surface area (Å²) in [7, 11) is 1.59. The number of methoxy groups -OCH3 is 1. The summed E-state index contributed by atoms with van der Waals surface area (Å²) >= 11 is 0. The van der Waals surface area contributed by atoms with Gasteiger partial charge in [-0.3, -0.25) is 14.0 Å². The predicted octanol–water partition coefficient (Wildman–Crippen LogP) is 1.75. The van der Waals surface area contributed by atoms with Gasteiger partial charge in [0.1, 0.15) is 5.75 Å². The number of pyridine rings is 1. The monoisotopic (exact) mass is 394 g/mol. The second kappa shape index (κ2) is 8.32. The lowest BCUT2D eigenvalue weighted by Crippen LogP contribution is -2.41. The van der Waals surface area contributed by atoms with Gasteiger partial charge in [0.25, 0.3) is 11.8 Å². The summed E-state index contributed by atoms with van der Waals surface area (Å²) < 4.78 is 12.3. The highest BCUT2D eigenvalue weighted by molar-refractivity contribution is 6.02. The summed E-state index contributed by atoms with van der Waals surface area (Å²) in [4.78, 5) is 31.9. The van der Waals surface area contributed by atoms with Crippen LogP contribution in [0.4, 0.5) is 0 Å². The number of rotatable bonds is 5. The average molecular weight is 394 g/mol. The molecule has 1 fully saturated rings. The van der Waals surface area contributed by atoms with Crippen LogP contribution in [-0.2, 0) is 11.3 Å². The van der Waals surface area contributed by atoms with E-state index in [4.69, 9.17) is 9.47 Å². The number of carbonyl (C=O) groups excluding carboxylic acids is 2. The van der Waals surface area contributed by atoms with E-state index in [0.717, 1.165) is 5.56 Å². The molecule has 0 aliphatic carbocycles. The molecule has 0 radical (unpaired) electrons. The highest BCUT2D eigenvalue weighted by Crippen LogP contribution is 2.18. The fraction of sp³-hybridized carbons (Fsp3) is 0.286. The first-order valence-corrected chi connectivity index (χ1v) is 9.43. The van der Waals surface area contributed by atoms with Crippen LogP contribution in [0, 0.1) is 0 Å². The van der Waals surface area contributed by atoms with Gasteiger partial charge in [0.05, 0.1) is 25.8 Å². The van der Waals surface area contributed by atoms with Crippen molar-refractivity contribution in [3.8, 4) is 5.75 Å². The first-order chi connectivity index (χ1) is 14.2. The molecule has 0 spiro atoms. The van der Waals surface area contributed by atoms with Crippen LogP contribution in [0.3, 0.4) is 0 Å². The highest BCUT2D eigenvalue weighted by Gasteiger charge is 2.26. The molecular formula is C21H22N4O4. The van der Waals surface area contributed by atoms with E-state index in [-0.39, 0.29) is 29.9 Å². The predicted molar refractivity (Wildman–Crippen MR) is 106 cm³/mol. The van der Waals surface area contributed by atoms with Gasteiger partial charge in [0.15, 0.2) is 5.69 Å². The Balaban J connectivity index is 1.60. The Labute approximate surface area is 168 Å². The molecule has 0 unspecified atom stereocenters. The third-order valence-electron chi connectivity index (χ3n) is 4.88. The van der Waals surface area contributed by atoms with Crippen LogP contribution in [0.5, 0.6) is 5.75 Å². The van der Waals surface area contributed by atoms with Crippen molar-refractivity contribution in [3.63, 3.8) is 0 Å². The summed E-state index contributed by atoms with van der Waals surface area (Å²) in [5.41, 5.74) is 1.73. The zero-order chi connectivity index (χ0) is 20.2. The Kier molecular flexibility index (Phi) is 5.44. The molecule has 4 rings (SSSR count). The van der Waals surface area contributed by atoms with Crippen molar-refractivity contribution in [1.82, 2.24) is 19.6 Å². The van der Waals surface area contributed by atoms with E-state index in [9.17, 15) is 9.59 Å². The number of imidazole rings is 1. The number of hydrogen-bond acceptors (Lipinski definition) is 5. The normalized spacial score (nSPS) is 14.0. The Hall–Kier alpha value is -3.39. The molecule has 8 nitrogen and oxygen atoms in total. The Morgan fingerprint density at radius 2 is 1.90 bits per heavy atom. The number of hydrogen-bond donors (Lipinski definition) is 1. The highest BCUT2D eigenvalue weighted by atomic mass is 16.5. The average Bonchev–Trinajstić information content (AvgIpc) is 3.17. The number of benzene rings is 1. The minimum atomic E-state index is -0.363. The molecule has 1 aromatic carbocycles. The second-order valence-electron chi connectivity index (χ2n) is 6.64. The van der Waals surface area contributed by atoms with Crippen LogP contribution >= 0.6 is 0 Å². The van der Waals surface area contributed by atoms with Gasteiger partial charge in [0.2, 0.25) is 5.82 Å². The molecule has 8 heteroatoms. The molecule has 0 saturated carbocycles. The molecule has 0 atom stereocenters. The van der Waals surface area contributed by atoms with Crippen LogP contribution in [-0.4, -0.2) is 59.5 Å². The van der Waals surface area contributed by atoms with E-state index in [1.807, 2.05) is 30.3 Å². The standard InChI is InChI=1S/C21H22N4O4/c1-28-17-8-3-2-6-15(17)14-22-20(26)19-23-18(16-7-4-5-9-25(16)19)21(27)24-10-12-29-13-11-24/h2-9H,10-14H2,1H3,(H,22,26). The third kappa shape index (κ3) is 3.79. The quantitative estimate of drug-likeness (QED) is 0.713. The smallest absolute Gasteiger partial charge is 0.287 e. The molecule has 1 saturated heterocycles. The zero-order valence-electron chi connectivity index (χ0n) is 16.1. The molecular weight excluding hydrogens is 372 g/mol. The maximum absolute atomic E-state index is 13.0. The minimum Gasteiger partial charge on any atom is -0.496 e. The van der Waals surface area contributed by atoms with Gasteiger partial charge < -0.3 is 19.7 Å². The van der Waals surface area contributed by atoms with E-state index in [0.29, 0.717) is 37.6 Å². The first kappa shape index (κ1) is 18.9. The van der Waals surface area contributed by atoms with Crippen molar-refractivity contribution in [2.75, 3.05) is 33.4 Å². The van der Waals surface area contributed by atoms with Crippen molar-refractivity contribution in [1.29, 1.82) is 0 Å². The fourth-order valence-electron chi connectivity index (χ4n) is 3.38. The van der Waals surface area contributed by atoms with E-state index in [2.05, 4.69) is 10.3 Å². The Morgan fingerprint density at radius 1 is 1.14 bits per heavy atom. The molecule has 150 valence electrons. The van der Waals surface area contributed by atoms with Crippen molar-refractivity contribution in [2.24, 2.45) is 0 Å². The molecule has 1 aliphatic heterocycles. The number of aromatic nitrogens is 2. The van der Waals surface area contributed by atoms with E-state index in [1.54, 1.807) is 34.7 Å². The van der Waals surface area contributed by atoms with Crippen LogP contribution in [0.15, 0.2) is 48.7 Å². The van der Waals surface area contributed by atoms with Gasteiger partial charge >= 0.3 is 0 Å². The maximum Gasteiger partial charge on any atom is 0.287 e. The second-order valence-corrected chi connectivity index (χ2v) is 6.64. The Bertz CT molecular complexity index is 1040. The largest absolute Gasteiger partial charge is 0.496 e. The first-order valence-electron chi connectivity index (χ1n) is 9.43. The van der Waals surface area contributed by atoms with Gasteiger partial charge in [0, 0.05) is 31.4 Å². The van der Waals surface area contributed by atoms with Crippen LogP contribution < -0.4 is 10.1 Å². The van der Waals surface area contributed by atoms with Crippen LogP contribution in [0.2, 0.25) is 0 Å². The molecule has 1 aliphatic rings. The summed E-state index contributed by atoms with van der Waals surface area (Å²) in [5.74, 6) is 0.315. The Morgan fingerprint density at radius 3 is 2.69 bits per heavy atom. The van der Waals surface area contributed by atoms with Gasteiger partial charge in [-0.2, -0.15) is 0 Å². The number of para-hydroxylation sites is 1. The number of nitrogens with one attached hydrogen (secondary N) is 1. The lowest BCUT2D eigenvalue weighted by molar-refractivity contribution is 0.0300. The molecule has 0 bridgehead atoms. The van der Waals surface area contributed by atoms with Crippen molar-refractivity contribution < 1.29 is 19.1 Å². The maximum atomic E-state index is 13.0. The molecule has 1 N–H and O–H groups in total. The number of ether oxygens (including phenoxy) is 2. The van der Waals surface area contributed by atoms with Gasteiger partial charge in [-0.15, -0.1) is 0 Å². The molecule has 29 heavy (non-hydrogen) atoms. The topological polar surface area (TPSA) is 85.2 Å². The van der Waals surface area contributed by atoms with E-state index in [1.165, 1.54) is 0 Å². The summed E-state index contributed by atoms with van der Waals surface area (Å²) in [6.07, 6.45) is 1.73. The molecule has 3 heterocycles. The lowest BCUT2D eigenvalue weighted by Gasteiger charge is -2.26. The van der Waals surface area contributed by atoms with Crippen molar-refractivity contribution in [3.05, 3.63) is 65.7 Å². The number of morpholine rings is 1. The number of nitrogens with zero attached hydrogens (tertiary/aromatic N) is 3. The molecule has 3 aromatic rings. The lowest BCUT2D eigenvalue weighted by atomic mass is 10.2. The fourth-order valence-corrected chi connectivity index (χ4v) is 3.38. The molecule has 2 aromatic heterocycles. The number of fused-ring (bicyclic) bond motifs is 1. The summed E-state index contributed by atoms with van der Waals surface area (Å²) in [5, 5.41) is 2.87. The number of carbonyl (C=O) groups is 2. The van der Waals surface area contributed by atoms with E-state index >= 15 is 0 Å². The van der Waals surface area contributed by atoms with Gasteiger partial charge in [-0.1, -0.05) is 24.3 Å². The van der Waals surface area contributed by atoms with E-state index < -0.39 is 0 Å². The van der Waals surface area contributed by atoms with Crippen LogP contribution in [0.1, 0.15) is 26.7 Å². The summed E-state index contributed by atoms with van der Waals surface area (Å²) in [6, 6.07) is 12.9. The van der Waals surface area contributed by atoms with Gasteiger partial charge in [-0.05, 0) is 18.2 Å². The van der Waals surface area contributed by atoms with Crippen LogP contribution in [0.25, 0.3) is 5.52 Å². The SMILES string of the molecule is COc1ccccc1CNC(=O)c1nc(C(=O)N2CCOCC2)c2ccccn12. The minimum absolute atomic E-state index is 0.173. The van der Waals surface area contributed by atoms with Crippen molar-refractivity contribution >= 4 is 17.3 Å².